The van der Waals surface area contributed by atoms with Gasteiger partial charge in [-0.1, -0.05) is 26.0 Å². The highest BCUT2D eigenvalue weighted by atomic mass is 16.6. The third-order valence-electron chi connectivity index (χ3n) is 3.33. The maximum atomic E-state index is 10.6. The Morgan fingerprint density at radius 2 is 1.85 bits per heavy atom. The first-order chi connectivity index (χ1) is 9.40. The van der Waals surface area contributed by atoms with Gasteiger partial charge in [0.25, 0.3) is 5.69 Å². The molecule has 0 aliphatic carbocycles. The predicted octanol–water partition coefficient (Wildman–Crippen LogP) is 2.31. The molecule has 0 amide bonds. The molecule has 0 saturated carbocycles. The summed E-state index contributed by atoms with van der Waals surface area (Å²) in [7, 11) is 4.15. The number of hydrogen-bond acceptors (Lipinski definition) is 4. The van der Waals surface area contributed by atoms with Crippen LogP contribution in [0.4, 0.5) is 5.69 Å². The summed E-state index contributed by atoms with van der Waals surface area (Å²) in [6.45, 7) is 6.33. The van der Waals surface area contributed by atoms with Crippen molar-refractivity contribution in [2.24, 2.45) is 5.92 Å². The Morgan fingerprint density at radius 3 is 2.30 bits per heavy atom. The van der Waals surface area contributed by atoms with Gasteiger partial charge in [-0.2, -0.15) is 0 Å². The van der Waals surface area contributed by atoms with E-state index in [9.17, 15) is 10.1 Å². The fraction of sp³-hybridized carbons (Fsp3) is 0.600. The Bertz CT molecular complexity index is 416. The van der Waals surface area contributed by atoms with Gasteiger partial charge in [-0.05, 0) is 38.5 Å². The molecule has 0 spiro atoms. The van der Waals surface area contributed by atoms with Crippen LogP contribution in [0, 0.1) is 16.0 Å². The van der Waals surface area contributed by atoms with Crippen molar-refractivity contribution in [3.05, 3.63) is 39.9 Å². The third kappa shape index (κ3) is 5.67. The Morgan fingerprint density at radius 1 is 1.25 bits per heavy atom. The molecule has 1 aromatic carbocycles. The highest BCUT2D eigenvalue weighted by Crippen LogP contribution is 2.12. The number of nitro groups is 1. The normalized spacial score (nSPS) is 12.9. The van der Waals surface area contributed by atoms with E-state index in [-0.39, 0.29) is 10.6 Å². The molecule has 0 aliphatic heterocycles. The first kappa shape index (κ1) is 16.6. The summed E-state index contributed by atoms with van der Waals surface area (Å²) in [6, 6.07) is 7.25. The van der Waals surface area contributed by atoms with Gasteiger partial charge in [0.1, 0.15) is 0 Å². The van der Waals surface area contributed by atoms with Gasteiger partial charge in [-0.15, -0.1) is 0 Å². The van der Waals surface area contributed by atoms with Crippen molar-refractivity contribution in [1.82, 2.24) is 10.2 Å². The van der Waals surface area contributed by atoms with E-state index in [0.717, 1.165) is 25.1 Å². The monoisotopic (exact) mass is 279 g/mol. The molecule has 0 fully saturated rings. The topological polar surface area (TPSA) is 58.4 Å². The number of non-ortho nitro benzene ring substituents is 1. The van der Waals surface area contributed by atoms with Crippen LogP contribution in [-0.4, -0.2) is 43.0 Å². The fourth-order valence-corrected chi connectivity index (χ4v) is 2.09. The van der Waals surface area contributed by atoms with Crippen LogP contribution in [0.15, 0.2) is 24.3 Å². The van der Waals surface area contributed by atoms with Gasteiger partial charge < -0.3 is 10.2 Å². The van der Waals surface area contributed by atoms with Crippen LogP contribution in [0.5, 0.6) is 0 Å². The van der Waals surface area contributed by atoms with E-state index in [0.29, 0.717) is 12.0 Å². The molecule has 0 heterocycles. The van der Waals surface area contributed by atoms with Crippen molar-refractivity contribution in [2.45, 2.75) is 26.3 Å². The summed E-state index contributed by atoms with van der Waals surface area (Å²) in [4.78, 5) is 12.4. The van der Waals surface area contributed by atoms with Gasteiger partial charge in [0.05, 0.1) is 4.92 Å². The second-order valence-electron chi connectivity index (χ2n) is 5.74. The molecule has 0 saturated heterocycles. The molecule has 0 bridgehead atoms. The molecule has 1 rings (SSSR count). The van der Waals surface area contributed by atoms with Crippen molar-refractivity contribution in [2.75, 3.05) is 27.2 Å². The lowest BCUT2D eigenvalue weighted by atomic mass is 10.0. The SMILES string of the molecule is CC(C)C(CN(C)C)NCCc1ccc([N+](=O)[O-])cc1. The highest BCUT2D eigenvalue weighted by molar-refractivity contribution is 5.32. The quantitative estimate of drug-likeness (QED) is 0.586. The van der Waals surface area contributed by atoms with Crippen LogP contribution < -0.4 is 5.32 Å². The Balaban J connectivity index is 2.44. The van der Waals surface area contributed by atoms with E-state index in [1.165, 1.54) is 0 Å². The van der Waals surface area contributed by atoms with Crippen molar-refractivity contribution in [3.8, 4) is 0 Å². The number of nitrogens with one attached hydrogen (secondary N) is 1. The van der Waals surface area contributed by atoms with Gasteiger partial charge in [0.15, 0.2) is 0 Å². The Hall–Kier alpha value is -1.46. The number of benzene rings is 1. The van der Waals surface area contributed by atoms with Gasteiger partial charge in [-0.3, -0.25) is 10.1 Å². The molecular formula is C15H25N3O2. The maximum Gasteiger partial charge on any atom is 0.269 e. The zero-order valence-electron chi connectivity index (χ0n) is 12.8. The Labute approximate surface area is 121 Å². The number of nitro benzene ring substituents is 1. The van der Waals surface area contributed by atoms with Crippen LogP contribution >= 0.6 is 0 Å². The zero-order chi connectivity index (χ0) is 15.1. The first-order valence-electron chi connectivity index (χ1n) is 7.01. The molecule has 1 atom stereocenters. The molecule has 0 aromatic heterocycles. The molecule has 0 radical (unpaired) electrons. The van der Waals surface area contributed by atoms with E-state index in [1.807, 2.05) is 12.1 Å². The van der Waals surface area contributed by atoms with Crippen LogP contribution in [0.3, 0.4) is 0 Å². The second-order valence-corrected chi connectivity index (χ2v) is 5.74. The largest absolute Gasteiger partial charge is 0.312 e. The van der Waals surface area contributed by atoms with Gasteiger partial charge in [0, 0.05) is 24.7 Å². The van der Waals surface area contributed by atoms with Crippen LogP contribution in [0.1, 0.15) is 19.4 Å². The van der Waals surface area contributed by atoms with E-state index in [2.05, 4.69) is 38.2 Å². The number of nitrogens with zero attached hydrogens (tertiary/aromatic N) is 2. The summed E-state index contributed by atoms with van der Waals surface area (Å²) in [5, 5.41) is 14.1. The minimum atomic E-state index is -0.367. The molecule has 1 unspecified atom stereocenters. The second kappa shape index (κ2) is 7.97. The molecular weight excluding hydrogens is 254 g/mol. The van der Waals surface area contributed by atoms with E-state index in [1.54, 1.807) is 12.1 Å². The molecule has 1 aromatic rings. The number of hydrogen-bond donors (Lipinski definition) is 1. The molecule has 1 N–H and O–H groups in total. The fourth-order valence-electron chi connectivity index (χ4n) is 2.09. The lowest BCUT2D eigenvalue weighted by Gasteiger charge is -2.25. The zero-order valence-corrected chi connectivity index (χ0v) is 12.8. The average molecular weight is 279 g/mol. The van der Waals surface area contributed by atoms with E-state index < -0.39 is 0 Å². The molecule has 112 valence electrons. The highest BCUT2D eigenvalue weighted by Gasteiger charge is 2.13. The van der Waals surface area contributed by atoms with Gasteiger partial charge >= 0.3 is 0 Å². The minimum absolute atomic E-state index is 0.148. The number of rotatable bonds is 8. The van der Waals surface area contributed by atoms with Crippen molar-refractivity contribution < 1.29 is 4.92 Å². The predicted molar refractivity (Wildman–Crippen MR) is 82.0 cm³/mol. The van der Waals surface area contributed by atoms with Gasteiger partial charge in [-0.25, -0.2) is 0 Å². The van der Waals surface area contributed by atoms with Crippen molar-refractivity contribution in [3.63, 3.8) is 0 Å². The van der Waals surface area contributed by atoms with Crippen molar-refractivity contribution in [1.29, 1.82) is 0 Å². The maximum absolute atomic E-state index is 10.6. The van der Waals surface area contributed by atoms with E-state index in [4.69, 9.17) is 0 Å². The summed E-state index contributed by atoms with van der Waals surface area (Å²) in [6.07, 6.45) is 0.884. The average Bonchev–Trinajstić information content (AvgIpc) is 2.37. The lowest BCUT2D eigenvalue weighted by Crippen LogP contribution is -2.42. The van der Waals surface area contributed by atoms with Gasteiger partial charge in [0.2, 0.25) is 0 Å². The minimum Gasteiger partial charge on any atom is -0.312 e. The smallest absolute Gasteiger partial charge is 0.269 e. The number of likely N-dealkylation sites (N-methyl/N-ethyl adjacent to an activating group) is 1. The first-order valence-corrected chi connectivity index (χ1v) is 7.01. The Kier molecular flexibility index (Phi) is 6.61. The lowest BCUT2D eigenvalue weighted by molar-refractivity contribution is -0.384. The van der Waals surface area contributed by atoms with E-state index >= 15 is 0 Å². The third-order valence-corrected chi connectivity index (χ3v) is 3.33. The summed E-state index contributed by atoms with van der Waals surface area (Å²) in [5.41, 5.74) is 1.27. The van der Waals surface area contributed by atoms with Crippen molar-refractivity contribution >= 4 is 5.69 Å². The summed E-state index contributed by atoms with van der Waals surface area (Å²) < 4.78 is 0. The van der Waals surface area contributed by atoms with Crippen LogP contribution in [0.2, 0.25) is 0 Å². The molecule has 5 heteroatoms. The van der Waals surface area contributed by atoms with Crippen LogP contribution in [0.25, 0.3) is 0 Å². The molecule has 20 heavy (non-hydrogen) atoms. The van der Waals surface area contributed by atoms with Crippen LogP contribution in [-0.2, 0) is 6.42 Å². The standard InChI is InChI=1S/C15H25N3O2/c1-12(2)15(11-17(3)4)16-10-9-13-5-7-14(8-6-13)18(19)20/h5-8,12,15-16H,9-11H2,1-4H3. The molecule has 5 nitrogen and oxygen atoms in total. The summed E-state index contributed by atoms with van der Waals surface area (Å²) >= 11 is 0. The molecule has 0 aliphatic rings. The summed E-state index contributed by atoms with van der Waals surface area (Å²) in [5.74, 6) is 0.578.